The van der Waals surface area contributed by atoms with Crippen LogP contribution in [0, 0.1) is 0 Å². The first kappa shape index (κ1) is 12.8. The number of hydrogen-bond donors (Lipinski definition) is 1. The number of hydrogen-bond acceptors (Lipinski definition) is 3. The van der Waals surface area contributed by atoms with Gasteiger partial charge < -0.3 is 5.32 Å². The fraction of sp³-hybridized carbons (Fsp3) is 0.200. The molecule has 1 amide bonds. The lowest BCUT2D eigenvalue weighted by Crippen LogP contribution is -2.22. The summed E-state index contributed by atoms with van der Waals surface area (Å²) in [6.07, 6.45) is 1.85. The molecule has 0 aliphatic rings. The molecule has 2 aromatic rings. The fourth-order valence-electron chi connectivity index (χ4n) is 1.32. The quantitative estimate of drug-likeness (QED) is 0.892. The van der Waals surface area contributed by atoms with Crippen LogP contribution in [-0.4, -0.2) is 15.7 Å². The molecule has 0 aliphatic carbocycles. The molecule has 0 spiro atoms. The van der Waals surface area contributed by atoms with Gasteiger partial charge in [0, 0.05) is 13.2 Å². The second-order valence-corrected chi connectivity index (χ2v) is 7.15. The van der Waals surface area contributed by atoms with Gasteiger partial charge in [0.1, 0.15) is 0 Å². The second kappa shape index (κ2) is 5.32. The lowest BCUT2D eigenvalue weighted by molar-refractivity contribution is 0.0950. The highest BCUT2D eigenvalue weighted by atomic mass is 79.9. The van der Waals surface area contributed by atoms with Crippen LogP contribution >= 0.6 is 43.2 Å². The standard InChI is InChI=1S/C10H9Br2N3OS/c1-15-3-2-6(14-15)5-13-10(16)7-4-8(11)17-9(7)12/h2-4H,5H2,1H3,(H,13,16). The number of carbonyl (C=O) groups excluding carboxylic acids is 1. The zero-order valence-corrected chi connectivity index (χ0v) is 12.9. The maximum atomic E-state index is 11.9. The highest BCUT2D eigenvalue weighted by Gasteiger charge is 2.13. The Balaban J connectivity index is 2.00. The number of nitrogens with zero attached hydrogens (tertiary/aromatic N) is 2. The van der Waals surface area contributed by atoms with E-state index in [4.69, 9.17) is 0 Å². The number of nitrogens with one attached hydrogen (secondary N) is 1. The minimum Gasteiger partial charge on any atom is -0.346 e. The molecule has 1 N–H and O–H groups in total. The molecule has 0 radical (unpaired) electrons. The van der Waals surface area contributed by atoms with Crippen LogP contribution in [0.2, 0.25) is 0 Å². The minimum absolute atomic E-state index is 0.107. The number of halogens is 2. The van der Waals surface area contributed by atoms with Crippen LogP contribution < -0.4 is 5.32 Å². The highest BCUT2D eigenvalue weighted by Crippen LogP contribution is 2.31. The molecule has 0 saturated heterocycles. The minimum atomic E-state index is -0.107. The Labute approximate surface area is 119 Å². The van der Waals surface area contributed by atoms with E-state index < -0.39 is 0 Å². The second-order valence-electron chi connectivity index (χ2n) is 3.40. The molecule has 0 aliphatic heterocycles. The van der Waals surface area contributed by atoms with E-state index in [1.54, 1.807) is 10.7 Å². The van der Waals surface area contributed by atoms with Gasteiger partial charge in [-0.05, 0) is 44.0 Å². The Kier molecular flexibility index (Phi) is 4.01. The van der Waals surface area contributed by atoms with Crippen molar-refractivity contribution in [1.29, 1.82) is 0 Å². The van der Waals surface area contributed by atoms with Gasteiger partial charge in [0.25, 0.3) is 5.91 Å². The first-order valence-electron chi connectivity index (χ1n) is 4.78. The van der Waals surface area contributed by atoms with Crippen molar-refractivity contribution in [2.24, 2.45) is 7.05 Å². The topological polar surface area (TPSA) is 46.9 Å². The van der Waals surface area contributed by atoms with Crippen molar-refractivity contribution in [3.8, 4) is 0 Å². The van der Waals surface area contributed by atoms with Gasteiger partial charge in [-0.3, -0.25) is 9.48 Å². The molecule has 7 heteroatoms. The van der Waals surface area contributed by atoms with Crippen molar-refractivity contribution in [3.05, 3.63) is 37.2 Å². The molecule has 0 atom stereocenters. The predicted octanol–water partition coefficient (Wildman–Crippen LogP) is 2.94. The molecule has 0 unspecified atom stereocenters. The van der Waals surface area contributed by atoms with E-state index in [9.17, 15) is 4.79 Å². The summed E-state index contributed by atoms with van der Waals surface area (Å²) in [4.78, 5) is 11.9. The zero-order chi connectivity index (χ0) is 12.4. The summed E-state index contributed by atoms with van der Waals surface area (Å²) < 4.78 is 3.45. The molecule has 2 aromatic heterocycles. The summed E-state index contributed by atoms with van der Waals surface area (Å²) in [6, 6.07) is 3.67. The van der Waals surface area contributed by atoms with E-state index in [1.165, 1.54) is 11.3 Å². The molecule has 90 valence electrons. The number of aryl methyl sites for hydroxylation is 1. The van der Waals surface area contributed by atoms with Crippen molar-refractivity contribution >= 4 is 49.1 Å². The van der Waals surface area contributed by atoms with Crippen LogP contribution in [0.1, 0.15) is 16.1 Å². The summed E-state index contributed by atoms with van der Waals surface area (Å²) in [7, 11) is 1.85. The van der Waals surface area contributed by atoms with Gasteiger partial charge in [0.2, 0.25) is 0 Å². The van der Waals surface area contributed by atoms with Crippen molar-refractivity contribution in [2.75, 3.05) is 0 Å². The van der Waals surface area contributed by atoms with E-state index in [0.717, 1.165) is 13.3 Å². The molecular formula is C10H9Br2N3OS. The average Bonchev–Trinajstić information content (AvgIpc) is 2.81. The first-order valence-corrected chi connectivity index (χ1v) is 7.18. The van der Waals surface area contributed by atoms with E-state index in [-0.39, 0.29) is 5.91 Å². The third-order valence-corrected chi connectivity index (χ3v) is 4.44. The van der Waals surface area contributed by atoms with Gasteiger partial charge in [0.05, 0.1) is 25.4 Å². The van der Waals surface area contributed by atoms with Gasteiger partial charge in [-0.15, -0.1) is 11.3 Å². The Morgan fingerprint density at radius 3 is 2.88 bits per heavy atom. The summed E-state index contributed by atoms with van der Waals surface area (Å²) >= 11 is 8.18. The molecule has 17 heavy (non-hydrogen) atoms. The molecule has 0 fully saturated rings. The smallest absolute Gasteiger partial charge is 0.253 e. The van der Waals surface area contributed by atoms with Crippen LogP contribution in [0.3, 0.4) is 0 Å². The van der Waals surface area contributed by atoms with Crippen LogP contribution in [0.4, 0.5) is 0 Å². The lowest BCUT2D eigenvalue weighted by atomic mass is 10.3. The highest BCUT2D eigenvalue weighted by molar-refractivity contribution is 9.12. The van der Waals surface area contributed by atoms with E-state index in [0.29, 0.717) is 12.1 Å². The lowest BCUT2D eigenvalue weighted by Gasteiger charge is -2.01. The third-order valence-electron chi connectivity index (χ3n) is 2.10. The number of amides is 1. The average molecular weight is 379 g/mol. The van der Waals surface area contributed by atoms with E-state index in [2.05, 4.69) is 42.3 Å². The largest absolute Gasteiger partial charge is 0.346 e. The summed E-state index contributed by atoms with van der Waals surface area (Å²) in [5, 5.41) is 7.01. The van der Waals surface area contributed by atoms with Gasteiger partial charge >= 0.3 is 0 Å². The molecule has 0 saturated carbocycles. The Morgan fingerprint density at radius 2 is 2.35 bits per heavy atom. The number of carbonyl (C=O) groups is 1. The Hall–Kier alpha value is -0.660. The third kappa shape index (κ3) is 3.17. The van der Waals surface area contributed by atoms with Crippen molar-refractivity contribution in [2.45, 2.75) is 6.54 Å². The van der Waals surface area contributed by atoms with Gasteiger partial charge in [-0.25, -0.2) is 0 Å². The molecular weight excluding hydrogens is 370 g/mol. The van der Waals surface area contributed by atoms with Gasteiger partial charge in [-0.2, -0.15) is 5.10 Å². The van der Waals surface area contributed by atoms with E-state index >= 15 is 0 Å². The first-order chi connectivity index (χ1) is 8.06. The van der Waals surface area contributed by atoms with Crippen LogP contribution in [0.15, 0.2) is 25.9 Å². The summed E-state index contributed by atoms with van der Waals surface area (Å²) in [5.74, 6) is -0.107. The Morgan fingerprint density at radius 1 is 1.59 bits per heavy atom. The monoisotopic (exact) mass is 377 g/mol. The number of thiophene rings is 1. The van der Waals surface area contributed by atoms with Crippen molar-refractivity contribution in [1.82, 2.24) is 15.1 Å². The normalized spacial score (nSPS) is 10.5. The van der Waals surface area contributed by atoms with Crippen molar-refractivity contribution in [3.63, 3.8) is 0 Å². The van der Waals surface area contributed by atoms with Gasteiger partial charge in [-0.1, -0.05) is 0 Å². The van der Waals surface area contributed by atoms with Gasteiger partial charge in [0.15, 0.2) is 0 Å². The Bertz CT molecular complexity index is 549. The van der Waals surface area contributed by atoms with Crippen LogP contribution in [-0.2, 0) is 13.6 Å². The molecule has 2 rings (SSSR count). The molecule has 2 heterocycles. The van der Waals surface area contributed by atoms with Crippen molar-refractivity contribution < 1.29 is 4.79 Å². The summed E-state index contributed by atoms with van der Waals surface area (Å²) in [6.45, 7) is 0.430. The summed E-state index contributed by atoms with van der Waals surface area (Å²) in [5.41, 5.74) is 1.48. The molecule has 0 bridgehead atoms. The fourth-order valence-corrected chi connectivity index (χ4v) is 4.11. The SMILES string of the molecule is Cn1ccc(CNC(=O)c2cc(Br)sc2Br)n1. The van der Waals surface area contributed by atoms with E-state index in [1.807, 2.05) is 19.3 Å². The zero-order valence-electron chi connectivity index (χ0n) is 8.91. The predicted molar refractivity (Wildman–Crippen MR) is 74.1 cm³/mol. The molecule has 4 nitrogen and oxygen atoms in total. The molecule has 0 aromatic carbocycles. The number of rotatable bonds is 3. The van der Waals surface area contributed by atoms with Crippen LogP contribution in [0.25, 0.3) is 0 Å². The maximum Gasteiger partial charge on any atom is 0.253 e. The number of aromatic nitrogens is 2. The van der Waals surface area contributed by atoms with Crippen LogP contribution in [0.5, 0.6) is 0 Å². The maximum absolute atomic E-state index is 11.9.